The Morgan fingerprint density at radius 1 is 0.973 bits per heavy atom. The first-order valence-electron chi connectivity index (χ1n) is 10.8. The lowest BCUT2D eigenvalue weighted by Gasteiger charge is -2.27. The Morgan fingerprint density at radius 3 is 2.08 bits per heavy atom. The zero-order valence-electron chi connectivity index (χ0n) is 19.9. The van der Waals surface area contributed by atoms with E-state index < -0.39 is 70.7 Å². The number of rotatable bonds is 8. The normalized spacial score (nSPS) is 14.3. The molecule has 3 atom stereocenters. The quantitative estimate of drug-likeness (QED) is 0.384. The maximum absolute atomic E-state index is 14.6. The standard InChI is InChI=1S/C24H25F5N2O6/c1-23(2,3)37-22(36)30-15(11-12-7-5-4-6-8-12)19(32)20(33)31-18(21(34)35)13-9-10-14(25)16(17(13)26)24(27,28)29/h4-10,15,18-19,32H,11H2,1-3H3,(H,30,36)(H,31,33)(H,34,35)/t15-,18?,19+/m1/s1. The fourth-order valence-corrected chi connectivity index (χ4v) is 3.30. The fourth-order valence-electron chi connectivity index (χ4n) is 3.30. The van der Waals surface area contributed by atoms with Gasteiger partial charge >= 0.3 is 18.2 Å². The number of carboxylic acids is 1. The van der Waals surface area contributed by atoms with Crippen molar-refractivity contribution in [2.45, 2.75) is 57.2 Å². The topological polar surface area (TPSA) is 125 Å². The Morgan fingerprint density at radius 2 is 1.57 bits per heavy atom. The summed E-state index contributed by atoms with van der Waals surface area (Å²) in [6, 6.07) is 5.02. The Balaban J connectivity index is 2.36. The van der Waals surface area contributed by atoms with Gasteiger partial charge in [0.15, 0.2) is 12.1 Å². The van der Waals surface area contributed by atoms with Crippen LogP contribution in [0.25, 0.3) is 0 Å². The van der Waals surface area contributed by atoms with Gasteiger partial charge in [-0.25, -0.2) is 18.4 Å². The summed E-state index contributed by atoms with van der Waals surface area (Å²) in [6.07, 6.45) is -8.81. The minimum absolute atomic E-state index is 0.143. The van der Waals surface area contributed by atoms with Crippen LogP contribution in [0.4, 0.5) is 26.7 Å². The van der Waals surface area contributed by atoms with Crippen LogP contribution in [0.3, 0.4) is 0 Å². The van der Waals surface area contributed by atoms with E-state index in [0.717, 1.165) is 0 Å². The van der Waals surface area contributed by atoms with Crippen LogP contribution in [0.2, 0.25) is 0 Å². The van der Waals surface area contributed by atoms with Crippen molar-refractivity contribution in [1.29, 1.82) is 0 Å². The van der Waals surface area contributed by atoms with Crippen molar-refractivity contribution >= 4 is 18.0 Å². The van der Waals surface area contributed by atoms with Crippen LogP contribution >= 0.6 is 0 Å². The minimum Gasteiger partial charge on any atom is -0.479 e. The van der Waals surface area contributed by atoms with Crippen LogP contribution in [-0.4, -0.2) is 45.9 Å². The van der Waals surface area contributed by atoms with Gasteiger partial charge in [0, 0.05) is 5.56 Å². The molecule has 202 valence electrons. The maximum atomic E-state index is 14.6. The number of carbonyl (C=O) groups is 3. The van der Waals surface area contributed by atoms with Gasteiger partial charge in [-0.05, 0) is 38.8 Å². The van der Waals surface area contributed by atoms with Crippen LogP contribution in [0.15, 0.2) is 42.5 Å². The molecule has 0 aromatic heterocycles. The number of alkyl halides is 3. The van der Waals surface area contributed by atoms with Crippen LogP contribution in [-0.2, 0) is 26.9 Å². The first-order chi connectivity index (χ1) is 17.0. The Kier molecular flexibility index (Phi) is 9.20. The molecule has 0 spiro atoms. The van der Waals surface area contributed by atoms with Crippen molar-refractivity contribution < 1.29 is 51.3 Å². The van der Waals surface area contributed by atoms with Gasteiger partial charge in [0.2, 0.25) is 0 Å². The average molecular weight is 532 g/mol. The van der Waals surface area contributed by atoms with Gasteiger partial charge in [-0.2, -0.15) is 13.2 Å². The first kappa shape index (κ1) is 29.5. The highest BCUT2D eigenvalue weighted by atomic mass is 19.4. The first-order valence-corrected chi connectivity index (χ1v) is 10.8. The van der Waals surface area contributed by atoms with E-state index in [-0.39, 0.29) is 12.5 Å². The molecule has 2 aromatic rings. The van der Waals surface area contributed by atoms with E-state index in [1.54, 1.807) is 56.4 Å². The number of aliphatic hydroxyl groups excluding tert-OH is 1. The Labute approximate surface area is 208 Å². The summed E-state index contributed by atoms with van der Waals surface area (Å²) < 4.78 is 72.6. The van der Waals surface area contributed by atoms with E-state index in [4.69, 9.17) is 4.74 Å². The molecule has 0 saturated heterocycles. The number of hydrogen-bond acceptors (Lipinski definition) is 5. The number of nitrogens with one attached hydrogen (secondary N) is 2. The molecule has 0 saturated carbocycles. The van der Waals surface area contributed by atoms with Gasteiger partial charge in [-0.1, -0.05) is 36.4 Å². The zero-order chi connectivity index (χ0) is 28.1. The van der Waals surface area contributed by atoms with Crippen LogP contribution in [0, 0.1) is 11.6 Å². The van der Waals surface area contributed by atoms with Crippen molar-refractivity contribution in [2.75, 3.05) is 0 Å². The third-order valence-corrected chi connectivity index (χ3v) is 4.90. The summed E-state index contributed by atoms with van der Waals surface area (Å²) in [6.45, 7) is 4.68. The van der Waals surface area contributed by atoms with E-state index >= 15 is 0 Å². The summed E-state index contributed by atoms with van der Waals surface area (Å²) >= 11 is 0. The van der Waals surface area contributed by atoms with E-state index in [2.05, 4.69) is 5.32 Å². The van der Waals surface area contributed by atoms with Gasteiger partial charge in [0.05, 0.1) is 6.04 Å². The number of carboxylic acid groups (broad SMARTS) is 1. The number of amides is 2. The average Bonchev–Trinajstić information content (AvgIpc) is 2.75. The highest BCUT2D eigenvalue weighted by Gasteiger charge is 2.41. The number of hydrogen-bond donors (Lipinski definition) is 4. The monoisotopic (exact) mass is 532 g/mol. The van der Waals surface area contributed by atoms with Crippen LogP contribution in [0.5, 0.6) is 0 Å². The van der Waals surface area contributed by atoms with Crippen molar-refractivity contribution in [3.63, 3.8) is 0 Å². The number of carbonyl (C=O) groups excluding carboxylic acids is 2. The molecule has 0 heterocycles. The third kappa shape index (κ3) is 8.13. The zero-order valence-corrected chi connectivity index (χ0v) is 19.9. The molecule has 0 aliphatic rings. The number of alkyl carbamates (subject to hydrolysis) is 1. The Bertz CT molecular complexity index is 1130. The van der Waals surface area contributed by atoms with Gasteiger partial charge < -0.3 is 25.6 Å². The summed E-state index contributed by atoms with van der Waals surface area (Å²) in [5, 5.41) is 24.2. The molecule has 0 bridgehead atoms. The molecular weight excluding hydrogens is 507 g/mol. The van der Waals surface area contributed by atoms with Crippen molar-refractivity contribution in [2.24, 2.45) is 0 Å². The van der Waals surface area contributed by atoms with Gasteiger partial charge in [0.25, 0.3) is 5.91 Å². The molecule has 0 aliphatic heterocycles. The van der Waals surface area contributed by atoms with E-state index in [1.807, 2.05) is 0 Å². The second-order valence-corrected chi connectivity index (χ2v) is 8.99. The van der Waals surface area contributed by atoms with Gasteiger partial charge in [0.1, 0.15) is 22.8 Å². The molecule has 2 rings (SSSR count). The van der Waals surface area contributed by atoms with E-state index in [0.29, 0.717) is 11.6 Å². The van der Waals surface area contributed by atoms with Gasteiger partial charge in [-0.15, -0.1) is 0 Å². The number of halogens is 5. The predicted molar refractivity (Wildman–Crippen MR) is 119 cm³/mol. The highest BCUT2D eigenvalue weighted by Crippen LogP contribution is 2.36. The summed E-state index contributed by atoms with van der Waals surface area (Å²) in [5.41, 5.74) is -3.93. The predicted octanol–water partition coefficient (Wildman–Crippen LogP) is 3.72. The molecule has 8 nitrogen and oxygen atoms in total. The third-order valence-electron chi connectivity index (χ3n) is 4.90. The lowest BCUT2D eigenvalue weighted by molar-refractivity contribution is -0.145. The smallest absolute Gasteiger partial charge is 0.422 e. The minimum atomic E-state index is -5.49. The maximum Gasteiger partial charge on any atom is 0.422 e. The molecule has 0 aliphatic carbocycles. The van der Waals surface area contributed by atoms with Gasteiger partial charge in [-0.3, -0.25) is 4.79 Å². The highest BCUT2D eigenvalue weighted by molar-refractivity contribution is 5.88. The summed E-state index contributed by atoms with van der Waals surface area (Å²) in [5.74, 6) is -7.66. The number of aliphatic carboxylic acids is 1. The second kappa shape index (κ2) is 11.5. The summed E-state index contributed by atoms with van der Waals surface area (Å²) in [7, 11) is 0. The SMILES string of the molecule is CC(C)(C)OC(=O)N[C@H](Cc1ccccc1)[C@H](O)C(=O)NC(C(=O)O)c1ccc(F)c(C(F)(F)F)c1F. The molecule has 13 heteroatoms. The fraction of sp³-hybridized carbons (Fsp3) is 0.375. The van der Waals surface area contributed by atoms with Crippen molar-refractivity contribution in [3.8, 4) is 0 Å². The second-order valence-electron chi connectivity index (χ2n) is 8.99. The lowest BCUT2D eigenvalue weighted by Crippen LogP contribution is -2.53. The molecule has 2 aromatic carbocycles. The summed E-state index contributed by atoms with van der Waals surface area (Å²) in [4.78, 5) is 36.8. The largest absolute Gasteiger partial charge is 0.479 e. The number of benzene rings is 2. The van der Waals surface area contributed by atoms with E-state index in [9.17, 15) is 46.5 Å². The Hall–Kier alpha value is -3.74. The molecule has 0 fully saturated rings. The van der Waals surface area contributed by atoms with Crippen LogP contribution < -0.4 is 10.6 Å². The lowest BCUT2D eigenvalue weighted by atomic mass is 9.99. The van der Waals surface area contributed by atoms with Crippen molar-refractivity contribution in [3.05, 3.63) is 70.8 Å². The van der Waals surface area contributed by atoms with Crippen LogP contribution in [0.1, 0.15) is 43.5 Å². The molecular formula is C24H25F5N2O6. The molecule has 2 amide bonds. The van der Waals surface area contributed by atoms with E-state index in [1.165, 1.54) is 0 Å². The number of ether oxygens (including phenoxy) is 1. The van der Waals surface area contributed by atoms with Crippen molar-refractivity contribution in [1.82, 2.24) is 10.6 Å². The molecule has 0 radical (unpaired) electrons. The number of aliphatic hydroxyl groups is 1. The molecule has 1 unspecified atom stereocenters. The molecule has 37 heavy (non-hydrogen) atoms. The molecule has 4 N–H and O–H groups in total.